The van der Waals surface area contributed by atoms with E-state index in [0.29, 0.717) is 37.8 Å². The van der Waals surface area contributed by atoms with Crippen molar-refractivity contribution in [1.29, 1.82) is 0 Å². The summed E-state index contributed by atoms with van der Waals surface area (Å²) in [6, 6.07) is 7.08. The van der Waals surface area contributed by atoms with Gasteiger partial charge in [0.2, 0.25) is 21.8 Å². The van der Waals surface area contributed by atoms with E-state index in [1.807, 2.05) is 12.2 Å². The SMILES string of the molecule is CC(C)CCN1C(=O)C(C2=Nc3ccc(N(c4ccc5c(c4)S(=O)(=O)CC(C4C(=O)C6C7C=CC(C7)C6N(CCC(C)C)C4=O)=N5)S(C)(=O)=O)cc3S(=O)(=O)C2)C(=O)C2C3C=CC(C3)C21. The number of hydrogen-bond donors (Lipinski definition) is 0. The zero-order valence-electron chi connectivity index (χ0n) is 36.9. The van der Waals surface area contributed by atoms with Crippen LogP contribution < -0.4 is 4.31 Å². The van der Waals surface area contributed by atoms with E-state index in [-0.39, 0.29) is 91.3 Å². The largest absolute Gasteiger partial charge is 0.337 e. The van der Waals surface area contributed by atoms with E-state index in [1.54, 1.807) is 9.80 Å². The van der Waals surface area contributed by atoms with Crippen LogP contribution in [-0.2, 0) is 48.9 Å². The third kappa shape index (κ3) is 7.09. The number of sulfonamides is 1. The van der Waals surface area contributed by atoms with Gasteiger partial charge in [-0.25, -0.2) is 29.6 Å². The van der Waals surface area contributed by atoms with E-state index in [4.69, 9.17) is 0 Å². The highest BCUT2D eigenvalue weighted by Gasteiger charge is 2.61. The van der Waals surface area contributed by atoms with Gasteiger partial charge in [0.15, 0.2) is 31.2 Å². The highest BCUT2D eigenvalue weighted by Crippen LogP contribution is 2.52. The normalized spacial score (nSPS) is 32.5. The number of piperidine rings is 2. The van der Waals surface area contributed by atoms with Crippen molar-refractivity contribution < 1.29 is 44.4 Å². The minimum atomic E-state index is -4.29. The first-order valence-electron chi connectivity index (χ1n) is 22.6. The first-order valence-corrected chi connectivity index (χ1v) is 27.7. The number of benzene rings is 2. The molecule has 4 fully saturated rings. The van der Waals surface area contributed by atoms with E-state index < -0.39 is 76.7 Å². The molecule has 4 bridgehead atoms. The van der Waals surface area contributed by atoms with Crippen LogP contribution in [0.2, 0.25) is 0 Å². The van der Waals surface area contributed by atoms with Crippen molar-refractivity contribution in [2.45, 2.75) is 75.3 Å². The summed E-state index contributed by atoms with van der Waals surface area (Å²) in [7, 11) is -12.9. The second-order valence-corrected chi connectivity index (χ2v) is 25.8. The molecule has 15 nitrogen and oxygen atoms in total. The lowest BCUT2D eigenvalue weighted by molar-refractivity contribution is -0.152. The monoisotopic (exact) mass is 943 g/mol. The van der Waals surface area contributed by atoms with Gasteiger partial charge in [-0.15, -0.1) is 0 Å². The van der Waals surface area contributed by atoms with E-state index >= 15 is 0 Å². The first kappa shape index (κ1) is 44.0. The maximum Gasteiger partial charge on any atom is 0.239 e. The number of allylic oxidation sites excluding steroid dienone is 2. The van der Waals surface area contributed by atoms with Crippen LogP contribution in [0.25, 0.3) is 0 Å². The van der Waals surface area contributed by atoms with Gasteiger partial charge in [-0.1, -0.05) is 52.0 Å². The number of anilines is 2. The molecule has 65 heavy (non-hydrogen) atoms. The summed E-state index contributed by atoms with van der Waals surface area (Å²) in [6.45, 7) is 9.09. The number of rotatable bonds is 11. The van der Waals surface area contributed by atoms with Crippen LogP contribution in [0.3, 0.4) is 0 Å². The summed E-state index contributed by atoms with van der Waals surface area (Å²) in [5, 5.41) is 0. The summed E-state index contributed by atoms with van der Waals surface area (Å²) < 4.78 is 84.7. The number of likely N-dealkylation sites (tertiary alicyclic amines) is 2. The number of fused-ring (bicyclic) bond motifs is 12. The van der Waals surface area contributed by atoms with E-state index in [1.165, 1.54) is 24.3 Å². The molecule has 0 N–H and O–H groups in total. The molecule has 2 aromatic rings. The Morgan fingerprint density at radius 2 is 1.02 bits per heavy atom. The van der Waals surface area contributed by atoms with Crippen LogP contribution in [0, 0.1) is 59.2 Å². The molecular weight excluding hydrogens is 891 g/mol. The van der Waals surface area contributed by atoms with Crippen molar-refractivity contribution in [1.82, 2.24) is 9.80 Å². The highest BCUT2D eigenvalue weighted by atomic mass is 32.2. The molecule has 0 aromatic heterocycles. The number of sulfone groups is 2. The van der Waals surface area contributed by atoms with Crippen molar-refractivity contribution >= 4 is 87.3 Å². The molecule has 10 atom stereocenters. The van der Waals surface area contributed by atoms with Gasteiger partial charge in [-0.3, -0.25) is 29.2 Å². The van der Waals surface area contributed by atoms with Crippen LogP contribution >= 0.6 is 0 Å². The summed E-state index contributed by atoms with van der Waals surface area (Å²) >= 11 is 0. The maximum absolute atomic E-state index is 14.2. The van der Waals surface area contributed by atoms with Gasteiger partial charge >= 0.3 is 0 Å². The lowest BCUT2D eigenvalue weighted by atomic mass is 9.74. The molecule has 8 aliphatic rings. The van der Waals surface area contributed by atoms with Crippen molar-refractivity contribution in [2.75, 3.05) is 35.2 Å². The van der Waals surface area contributed by atoms with Gasteiger partial charge in [0.1, 0.15) is 11.8 Å². The number of carbonyl (C=O) groups excluding carboxylic acids is 4. The van der Waals surface area contributed by atoms with E-state index in [0.717, 1.165) is 35.5 Å². The molecule has 2 amide bonds. The van der Waals surface area contributed by atoms with Gasteiger partial charge < -0.3 is 9.80 Å². The summed E-state index contributed by atoms with van der Waals surface area (Å²) in [5.74, 6) is -5.96. The fourth-order valence-electron chi connectivity index (χ4n) is 12.1. The average Bonchev–Trinajstić information content (AvgIpc) is 4.03. The van der Waals surface area contributed by atoms with Gasteiger partial charge in [-0.2, -0.15) is 0 Å². The molecule has 0 radical (unpaired) electrons. The van der Waals surface area contributed by atoms with Crippen LogP contribution in [0.1, 0.15) is 53.4 Å². The molecule has 10 rings (SSSR count). The minimum Gasteiger partial charge on any atom is -0.337 e. The standard InChI is InChI=1S/C47H53N5O10S3/c1-24(2)14-16-50-42-28-8-6-26(18-28)38(42)44(53)40(46(50)55)34-22-64(59,60)36-20-30(10-12-32(36)48-34)52(63(5,57)58)31-11-13-33-37(21-31)65(61,62)23-35(49-33)41-45(54)39-27-7-9-29(19-27)43(39)51(47(41)56)17-15-25(3)4/h6-13,20-21,24-29,38-43H,14-19,22-23H2,1-5H3. The van der Waals surface area contributed by atoms with Gasteiger partial charge in [0.05, 0.1) is 61.7 Å². The molecular formula is C47H53N5O10S3. The fraction of sp³-hybridized carbons (Fsp3) is 0.532. The fourth-order valence-corrected chi connectivity index (χ4v) is 16.1. The Balaban J connectivity index is 0.976. The molecule has 2 aromatic carbocycles. The predicted molar refractivity (Wildman–Crippen MR) is 244 cm³/mol. The number of carbonyl (C=O) groups is 4. The molecule has 344 valence electrons. The third-order valence-corrected chi connectivity index (χ3v) is 19.4. The number of nitrogens with zero attached hydrogens (tertiary/aromatic N) is 5. The van der Waals surface area contributed by atoms with Crippen LogP contribution in [-0.4, -0.2) is 113 Å². The lowest BCUT2D eigenvalue weighted by Gasteiger charge is -2.44. The molecule has 18 heteroatoms. The smallest absolute Gasteiger partial charge is 0.239 e. The van der Waals surface area contributed by atoms with Crippen LogP contribution in [0.4, 0.5) is 22.7 Å². The van der Waals surface area contributed by atoms with Crippen LogP contribution in [0.5, 0.6) is 0 Å². The Kier molecular flexibility index (Phi) is 10.4. The molecule has 0 spiro atoms. The molecule has 4 aliphatic heterocycles. The first-order chi connectivity index (χ1) is 30.6. The highest BCUT2D eigenvalue weighted by molar-refractivity contribution is 7.93. The molecule has 4 aliphatic carbocycles. The topological polar surface area (TPSA) is 205 Å². The van der Waals surface area contributed by atoms with Crippen molar-refractivity contribution in [2.24, 2.45) is 69.2 Å². The van der Waals surface area contributed by atoms with Crippen molar-refractivity contribution in [3.63, 3.8) is 0 Å². The summed E-state index contributed by atoms with van der Waals surface area (Å²) in [6.07, 6.45) is 12.1. The Morgan fingerprint density at radius 3 is 1.38 bits per heavy atom. The maximum atomic E-state index is 14.2. The number of Topliss-reactive ketones (excluding diaryl/α,β-unsaturated/α-hetero) is 2. The van der Waals surface area contributed by atoms with E-state index in [9.17, 15) is 44.4 Å². The Hall–Kier alpha value is -4.81. The van der Waals surface area contributed by atoms with E-state index in [2.05, 4.69) is 49.8 Å². The molecule has 2 saturated carbocycles. The number of ketones is 2. The van der Waals surface area contributed by atoms with Gasteiger partial charge in [-0.05, 0) is 97.6 Å². The summed E-state index contributed by atoms with van der Waals surface area (Å²) in [5.41, 5.74) is -0.475. The van der Waals surface area contributed by atoms with Crippen molar-refractivity contribution in [3.8, 4) is 0 Å². The van der Waals surface area contributed by atoms with Gasteiger partial charge in [0, 0.05) is 37.0 Å². The van der Waals surface area contributed by atoms with Gasteiger partial charge in [0.25, 0.3) is 0 Å². The molecule has 4 heterocycles. The Labute approximate surface area is 380 Å². The third-order valence-electron chi connectivity index (χ3n) is 15.0. The zero-order valence-corrected chi connectivity index (χ0v) is 39.4. The van der Waals surface area contributed by atoms with Crippen LogP contribution in [0.15, 0.2) is 80.5 Å². The second kappa shape index (κ2) is 15.4. The molecule has 10 unspecified atom stereocenters. The molecule has 2 saturated heterocycles. The predicted octanol–water partition coefficient (Wildman–Crippen LogP) is 5.03. The number of amides is 2. The number of aliphatic imine (C=N–C) groups is 2. The average molecular weight is 944 g/mol. The lowest BCUT2D eigenvalue weighted by Crippen LogP contribution is -2.61. The Morgan fingerprint density at radius 1 is 0.631 bits per heavy atom. The minimum absolute atomic E-state index is 0.0389. The van der Waals surface area contributed by atoms with Crippen molar-refractivity contribution in [3.05, 3.63) is 60.7 Å². The summed E-state index contributed by atoms with van der Waals surface area (Å²) in [4.78, 5) is 69.1. The Bertz CT molecular complexity index is 2760. The zero-order chi connectivity index (χ0) is 46.2. The quantitative estimate of drug-likeness (QED) is 0.217. The second-order valence-electron chi connectivity index (χ2n) is 20.1. The number of hydrogen-bond acceptors (Lipinski definition) is 12.